The van der Waals surface area contributed by atoms with Crippen LogP contribution in [0.1, 0.15) is 16.8 Å². The van der Waals surface area contributed by atoms with E-state index in [9.17, 15) is 8.42 Å². The summed E-state index contributed by atoms with van der Waals surface area (Å²) >= 11 is 0. The number of pyridine rings is 1. The van der Waals surface area contributed by atoms with E-state index in [2.05, 4.69) is 64.9 Å². The minimum Gasteiger partial charge on any atom is -0.497 e. The molecule has 5 aromatic rings. The topological polar surface area (TPSA) is 67.2 Å². The lowest BCUT2D eigenvalue weighted by molar-refractivity contribution is 0.180. The largest absolute Gasteiger partial charge is 0.497 e. The van der Waals surface area contributed by atoms with E-state index in [1.165, 1.54) is 5.56 Å². The molecule has 0 radical (unpaired) electrons. The van der Waals surface area contributed by atoms with Crippen LogP contribution in [-0.4, -0.2) is 60.3 Å². The van der Waals surface area contributed by atoms with Crippen LogP contribution in [-0.2, 0) is 16.6 Å². The normalized spacial score (nSPS) is 14.9. The highest BCUT2D eigenvalue weighted by molar-refractivity contribution is 7.89. The van der Waals surface area contributed by atoms with Gasteiger partial charge in [-0.2, -0.15) is 4.31 Å². The maximum Gasteiger partial charge on any atom is 0.243 e. The molecular weight excluding hydrogens is 532 g/mol. The van der Waals surface area contributed by atoms with Crippen molar-refractivity contribution in [3.8, 4) is 28.1 Å². The predicted molar refractivity (Wildman–Crippen MR) is 163 cm³/mol. The maximum atomic E-state index is 13.3. The maximum absolute atomic E-state index is 13.3. The van der Waals surface area contributed by atoms with Gasteiger partial charge in [-0.05, 0) is 61.4 Å². The molecule has 1 saturated heterocycles. The van der Waals surface area contributed by atoms with Crippen molar-refractivity contribution < 1.29 is 13.2 Å². The second kappa shape index (κ2) is 11.1. The molecule has 3 heterocycles. The standard InChI is InChI=1S/C33H34N4O3S/c1-24-10-13-30(14-11-24)41(38,39)36-18-16-35(17-19-36)23-31-33(27-8-5-9-29(21-27)40-3)34-32-15-12-28(22-37(31)32)26-7-4-6-25(2)20-26/h4-15,20-22H,16-19,23H2,1-3H3. The highest BCUT2D eigenvalue weighted by atomic mass is 32.2. The van der Waals surface area contributed by atoms with Crippen molar-refractivity contribution in [2.24, 2.45) is 0 Å². The first-order valence-corrected chi connectivity index (χ1v) is 15.3. The number of fused-ring (bicyclic) bond motifs is 1. The molecular formula is C33H34N4O3S. The Balaban J connectivity index is 1.32. The summed E-state index contributed by atoms with van der Waals surface area (Å²) in [6, 6.07) is 27.7. The molecule has 0 aliphatic carbocycles. The van der Waals surface area contributed by atoms with Crippen LogP contribution in [0.2, 0.25) is 0 Å². The zero-order valence-corrected chi connectivity index (χ0v) is 24.4. The van der Waals surface area contributed by atoms with Gasteiger partial charge in [0, 0.05) is 44.5 Å². The lowest BCUT2D eigenvalue weighted by Crippen LogP contribution is -2.48. The van der Waals surface area contributed by atoms with Crippen molar-refractivity contribution >= 4 is 15.7 Å². The van der Waals surface area contributed by atoms with Gasteiger partial charge in [0.2, 0.25) is 10.0 Å². The number of nitrogens with zero attached hydrogens (tertiary/aromatic N) is 4. The number of aryl methyl sites for hydroxylation is 2. The molecule has 41 heavy (non-hydrogen) atoms. The third-order valence-corrected chi connectivity index (χ3v) is 9.69. The van der Waals surface area contributed by atoms with Gasteiger partial charge in [-0.25, -0.2) is 13.4 Å². The van der Waals surface area contributed by atoms with Gasteiger partial charge in [-0.3, -0.25) is 4.90 Å². The smallest absolute Gasteiger partial charge is 0.243 e. The fraction of sp³-hybridized carbons (Fsp3) is 0.242. The third-order valence-electron chi connectivity index (χ3n) is 7.78. The summed E-state index contributed by atoms with van der Waals surface area (Å²) in [6.07, 6.45) is 2.16. The van der Waals surface area contributed by atoms with Gasteiger partial charge in [0.15, 0.2) is 0 Å². The Hall–Kier alpha value is -3.98. The van der Waals surface area contributed by atoms with Crippen molar-refractivity contribution in [3.63, 3.8) is 0 Å². The molecule has 1 aliphatic heterocycles. The zero-order chi connectivity index (χ0) is 28.6. The van der Waals surface area contributed by atoms with Crippen molar-refractivity contribution in [1.29, 1.82) is 0 Å². The van der Waals surface area contributed by atoms with E-state index in [1.807, 2.05) is 37.3 Å². The molecule has 8 heteroatoms. The number of rotatable bonds is 7. The quantitative estimate of drug-likeness (QED) is 0.249. The van der Waals surface area contributed by atoms with Crippen LogP contribution >= 0.6 is 0 Å². The van der Waals surface area contributed by atoms with E-state index in [0.717, 1.165) is 45.0 Å². The number of ether oxygens (including phenoxy) is 1. The second-order valence-corrected chi connectivity index (χ2v) is 12.6. The Labute approximate surface area is 241 Å². The molecule has 6 rings (SSSR count). The third kappa shape index (κ3) is 5.51. The number of piperazine rings is 1. The molecule has 0 saturated carbocycles. The van der Waals surface area contributed by atoms with Crippen molar-refractivity contribution in [1.82, 2.24) is 18.6 Å². The van der Waals surface area contributed by atoms with Crippen LogP contribution in [0.4, 0.5) is 0 Å². The average molecular weight is 567 g/mol. The number of imidazole rings is 1. The zero-order valence-electron chi connectivity index (χ0n) is 23.6. The first kappa shape index (κ1) is 27.2. The molecule has 2 aromatic heterocycles. The molecule has 0 bridgehead atoms. The van der Waals surface area contributed by atoms with Gasteiger partial charge in [-0.1, -0.05) is 59.7 Å². The summed E-state index contributed by atoms with van der Waals surface area (Å²) in [7, 11) is -1.85. The lowest BCUT2D eigenvalue weighted by atomic mass is 10.1. The average Bonchev–Trinajstić information content (AvgIpc) is 3.35. The molecule has 0 N–H and O–H groups in total. The molecule has 3 aromatic carbocycles. The minimum atomic E-state index is -3.52. The van der Waals surface area contributed by atoms with Gasteiger partial charge in [0.1, 0.15) is 11.4 Å². The van der Waals surface area contributed by atoms with Crippen LogP contribution < -0.4 is 4.74 Å². The molecule has 210 valence electrons. The fourth-order valence-electron chi connectivity index (χ4n) is 5.44. The summed E-state index contributed by atoms with van der Waals surface area (Å²) in [5.74, 6) is 0.779. The van der Waals surface area contributed by atoms with Crippen LogP contribution in [0.25, 0.3) is 28.0 Å². The second-order valence-electron chi connectivity index (χ2n) is 10.6. The molecule has 1 fully saturated rings. The Kier molecular flexibility index (Phi) is 7.38. The summed E-state index contributed by atoms with van der Waals surface area (Å²) in [6.45, 7) is 6.85. The van der Waals surface area contributed by atoms with Gasteiger partial charge in [0.05, 0.1) is 23.4 Å². The Morgan fingerprint density at radius 1 is 0.780 bits per heavy atom. The van der Waals surface area contributed by atoms with Crippen LogP contribution in [0.3, 0.4) is 0 Å². The summed E-state index contributed by atoms with van der Waals surface area (Å²) in [5.41, 5.74) is 8.35. The first-order chi connectivity index (χ1) is 19.8. The van der Waals surface area contributed by atoms with E-state index >= 15 is 0 Å². The monoisotopic (exact) mass is 566 g/mol. The van der Waals surface area contributed by atoms with Crippen LogP contribution in [0.5, 0.6) is 5.75 Å². The first-order valence-electron chi connectivity index (χ1n) is 13.8. The SMILES string of the molecule is COc1cccc(-c2nc3ccc(-c4cccc(C)c4)cn3c2CN2CCN(S(=O)(=O)c3ccc(C)cc3)CC2)c1. The van der Waals surface area contributed by atoms with E-state index in [-0.39, 0.29) is 0 Å². The number of sulfonamides is 1. The molecule has 0 unspecified atom stereocenters. The summed E-state index contributed by atoms with van der Waals surface area (Å²) < 4.78 is 35.8. The molecule has 7 nitrogen and oxygen atoms in total. The fourth-order valence-corrected chi connectivity index (χ4v) is 6.86. The van der Waals surface area contributed by atoms with Crippen molar-refractivity contribution in [2.45, 2.75) is 25.3 Å². The van der Waals surface area contributed by atoms with Crippen LogP contribution in [0, 0.1) is 13.8 Å². The number of methoxy groups -OCH3 is 1. The van der Waals surface area contributed by atoms with Gasteiger partial charge in [-0.15, -0.1) is 0 Å². The van der Waals surface area contributed by atoms with Gasteiger partial charge < -0.3 is 9.14 Å². The molecule has 0 spiro atoms. The molecule has 1 aliphatic rings. The Morgan fingerprint density at radius 3 is 2.24 bits per heavy atom. The molecule has 0 amide bonds. The Bertz CT molecular complexity index is 1800. The summed E-state index contributed by atoms with van der Waals surface area (Å²) in [4.78, 5) is 7.71. The van der Waals surface area contributed by atoms with Crippen molar-refractivity contribution in [3.05, 3.63) is 108 Å². The van der Waals surface area contributed by atoms with E-state index in [4.69, 9.17) is 9.72 Å². The highest BCUT2D eigenvalue weighted by Gasteiger charge is 2.29. The number of aromatic nitrogens is 2. The molecule has 0 atom stereocenters. The van der Waals surface area contributed by atoms with Gasteiger partial charge in [0.25, 0.3) is 0 Å². The minimum absolute atomic E-state index is 0.349. The summed E-state index contributed by atoms with van der Waals surface area (Å²) in [5, 5.41) is 0. The number of hydrogen-bond donors (Lipinski definition) is 0. The van der Waals surface area contributed by atoms with E-state index in [0.29, 0.717) is 37.6 Å². The van der Waals surface area contributed by atoms with E-state index < -0.39 is 10.0 Å². The highest BCUT2D eigenvalue weighted by Crippen LogP contribution is 2.31. The van der Waals surface area contributed by atoms with Crippen molar-refractivity contribution in [2.75, 3.05) is 33.3 Å². The number of hydrogen-bond acceptors (Lipinski definition) is 5. The number of benzene rings is 3. The van der Waals surface area contributed by atoms with Crippen LogP contribution in [0.15, 0.2) is 96.0 Å². The van der Waals surface area contributed by atoms with E-state index in [1.54, 1.807) is 23.5 Å². The van der Waals surface area contributed by atoms with Gasteiger partial charge >= 0.3 is 0 Å². The lowest BCUT2D eigenvalue weighted by Gasteiger charge is -2.34. The predicted octanol–water partition coefficient (Wildman–Crippen LogP) is 5.80. The Morgan fingerprint density at radius 2 is 1.51 bits per heavy atom.